The summed E-state index contributed by atoms with van der Waals surface area (Å²) in [5.41, 5.74) is 0. The van der Waals surface area contributed by atoms with Crippen LogP contribution in [0.3, 0.4) is 0 Å². The third-order valence-electron chi connectivity index (χ3n) is 2.01. The summed E-state index contributed by atoms with van der Waals surface area (Å²) < 4.78 is 10.4. The summed E-state index contributed by atoms with van der Waals surface area (Å²) in [6.45, 7) is 1.86. The highest BCUT2D eigenvalue weighted by molar-refractivity contribution is 5.03. The summed E-state index contributed by atoms with van der Waals surface area (Å²) in [7, 11) is 0. The van der Waals surface area contributed by atoms with Gasteiger partial charge in [-0.3, -0.25) is 0 Å². The third kappa shape index (κ3) is 0.808. The van der Waals surface area contributed by atoms with E-state index in [1.165, 1.54) is 0 Å². The molecule has 3 nitrogen and oxygen atoms in total. The van der Waals surface area contributed by atoms with Crippen molar-refractivity contribution in [2.75, 3.05) is 0 Å². The molecule has 2 aliphatic rings. The molecule has 1 heterocycles. The lowest BCUT2D eigenvalue weighted by Gasteiger charge is -2.33. The smallest absolute Gasteiger partial charge is 0.167 e. The topological polar surface area (TPSA) is 42.2 Å². The predicted molar refractivity (Wildman–Crippen MR) is 32.6 cm³/mol. The predicted octanol–water partition coefficient (Wildman–Crippen LogP) is 0.865. The molecule has 2 rings (SSSR count). The lowest BCUT2D eigenvalue weighted by molar-refractivity contribution is -0.383. The van der Waals surface area contributed by atoms with Crippen LogP contribution in [0.25, 0.3) is 0 Å². The lowest BCUT2D eigenvalue weighted by atomic mass is 10.3. The quantitative estimate of drug-likeness (QED) is 0.541. The second-order valence-electron chi connectivity index (χ2n) is 2.84. The number of ether oxygens (including phenoxy) is 2. The third-order valence-corrected chi connectivity index (χ3v) is 2.01. The SMILES string of the molecule is CC1OC(C2CC2C#N)O1. The average molecular weight is 139 g/mol. The summed E-state index contributed by atoms with van der Waals surface area (Å²) in [6.07, 6.45) is 0.832. The molecular weight excluding hydrogens is 130 g/mol. The molecule has 1 aliphatic heterocycles. The molecular formula is C7H9NO2. The highest BCUT2D eigenvalue weighted by atomic mass is 16.9. The van der Waals surface area contributed by atoms with Crippen LogP contribution in [0.5, 0.6) is 0 Å². The number of nitrogens with zero attached hydrogens (tertiary/aromatic N) is 1. The van der Waals surface area contributed by atoms with Gasteiger partial charge in [0.05, 0.1) is 12.0 Å². The second kappa shape index (κ2) is 1.94. The molecule has 10 heavy (non-hydrogen) atoms. The lowest BCUT2D eigenvalue weighted by Crippen LogP contribution is -2.40. The van der Waals surface area contributed by atoms with E-state index in [4.69, 9.17) is 14.7 Å². The zero-order chi connectivity index (χ0) is 7.14. The molecule has 0 aromatic rings. The van der Waals surface area contributed by atoms with Crippen molar-refractivity contribution >= 4 is 0 Å². The molecule has 0 aromatic heterocycles. The van der Waals surface area contributed by atoms with Crippen molar-refractivity contribution in [1.82, 2.24) is 0 Å². The van der Waals surface area contributed by atoms with Gasteiger partial charge < -0.3 is 9.47 Å². The van der Waals surface area contributed by atoms with Gasteiger partial charge in [-0.15, -0.1) is 0 Å². The van der Waals surface area contributed by atoms with E-state index < -0.39 is 0 Å². The van der Waals surface area contributed by atoms with Gasteiger partial charge in [0, 0.05) is 5.92 Å². The summed E-state index contributed by atoms with van der Waals surface area (Å²) in [5.74, 6) is 0.554. The van der Waals surface area contributed by atoms with Crippen molar-refractivity contribution in [3.8, 4) is 6.07 Å². The minimum Gasteiger partial charge on any atom is -0.324 e. The van der Waals surface area contributed by atoms with Gasteiger partial charge in [-0.25, -0.2) is 0 Å². The van der Waals surface area contributed by atoms with Crippen molar-refractivity contribution in [1.29, 1.82) is 5.26 Å². The van der Waals surface area contributed by atoms with Crippen LogP contribution in [-0.4, -0.2) is 12.6 Å². The van der Waals surface area contributed by atoms with Gasteiger partial charge in [0.2, 0.25) is 0 Å². The Labute approximate surface area is 59.5 Å². The van der Waals surface area contributed by atoms with Crippen molar-refractivity contribution in [3.63, 3.8) is 0 Å². The second-order valence-corrected chi connectivity index (χ2v) is 2.84. The summed E-state index contributed by atoms with van der Waals surface area (Å²) >= 11 is 0. The van der Waals surface area contributed by atoms with E-state index in [0.717, 1.165) is 6.42 Å². The maximum atomic E-state index is 8.45. The minimum absolute atomic E-state index is 0.0510. The number of hydrogen-bond acceptors (Lipinski definition) is 3. The Balaban J connectivity index is 1.79. The first-order valence-electron chi connectivity index (χ1n) is 3.52. The summed E-state index contributed by atoms with van der Waals surface area (Å²) in [6, 6.07) is 2.19. The van der Waals surface area contributed by atoms with Gasteiger partial charge in [0.25, 0.3) is 0 Å². The van der Waals surface area contributed by atoms with Gasteiger partial charge in [0.1, 0.15) is 0 Å². The number of nitriles is 1. The van der Waals surface area contributed by atoms with Gasteiger partial charge >= 0.3 is 0 Å². The fourth-order valence-corrected chi connectivity index (χ4v) is 1.25. The van der Waals surface area contributed by atoms with Crippen LogP contribution in [0.1, 0.15) is 13.3 Å². The van der Waals surface area contributed by atoms with E-state index in [1.54, 1.807) is 0 Å². The molecule has 2 atom stereocenters. The Bertz CT molecular complexity index is 181. The van der Waals surface area contributed by atoms with Crippen LogP contribution in [0.15, 0.2) is 0 Å². The zero-order valence-corrected chi connectivity index (χ0v) is 5.78. The molecule has 0 bridgehead atoms. The van der Waals surface area contributed by atoms with Gasteiger partial charge in [0.15, 0.2) is 12.6 Å². The van der Waals surface area contributed by atoms with E-state index in [0.29, 0.717) is 5.92 Å². The van der Waals surface area contributed by atoms with Crippen molar-refractivity contribution in [3.05, 3.63) is 0 Å². The molecule has 1 saturated heterocycles. The van der Waals surface area contributed by atoms with E-state index in [9.17, 15) is 0 Å². The van der Waals surface area contributed by atoms with E-state index in [-0.39, 0.29) is 18.5 Å². The van der Waals surface area contributed by atoms with Gasteiger partial charge in [-0.2, -0.15) is 5.26 Å². The molecule has 0 aromatic carbocycles. The molecule has 0 N–H and O–H groups in total. The molecule has 1 aliphatic carbocycles. The maximum absolute atomic E-state index is 8.45. The fraction of sp³-hybridized carbons (Fsp3) is 0.857. The van der Waals surface area contributed by atoms with Gasteiger partial charge in [-0.1, -0.05) is 0 Å². The average Bonchev–Trinajstić information content (AvgIpc) is 2.59. The molecule has 0 radical (unpaired) electrons. The Morgan fingerprint density at radius 1 is 1.50 bits per heavy atom. The van der Waals surface area contributed by atoms with Crippen LogP contribution >= 0.6 is 0 Å². The highest BCUT2D eigenvalue weighted by Crippen LogP contribution is 2.45. The Morgan fingerprint density at radius 2 is 2.20 bits per heavy atom. The van der Waals surface area contributed by atoms with Crippen LogP contribution < -0.4 is 0 Å². The normalized spacial score (nSPS) is 51.2. The molecule has 0 amide bonds. The van der Waals surface area contributed by atoms with Crippen LogP contribution in [0.4, 0.5) is 0 Å². The van der Waals surface area contributed by atoms with Gasteiger partial charge in [-0.05, 0) is 13.3 Å². The zero-order valence-electron chi connectivity index (χ0n) is 5.78. The Kier molecular flexibility index (Phi) is 1.19. The summed E-state index contributed by atoms with van der Waals surface area (Å²) in [5, 5.41) is 8.45. The molecule has 3 heteroatoms. The fourth-order valence-electron chi connectivity index (χ4n) is 1.25. The molecule has 0 spiro atoms. The van der Waals surface area contributed by atoms with Crippen LogP contribution in [0, 0.1) is 23.2 Å². The Morgan fingerprint density at radius 3 is 2.60 bits per heavy atom. The Hall–Kier alpha value is -0.590. The standard InChI is InChI=1S/C7H9NO2/c1-4-9-7(10-4)6-2-5(6)3-8/h4-7H,2H2,1H3. The molecule has 2 unspecified atom stereocenters. The molecule has 2 fully saturated rings. The number of rotatable bonds is 1. The van der Waals surface area contributed by atoms with Crippen molar-refractivity contribution in [2.45, 2.75) is 25.9 Å². The maximum Gasteiger partial charge on any atom is 0.167 e. The minimum atomic E-state index is -0.0698. The number of hydrogen-bond donors (Lipinski definition) is 0. The van der Waals surface area contributed by atoms with Crippen molar-refractivity contribution < 1.29 is 9.47 Å². The van der Waals surface area contributed by atoms with E-state index in [2.05, 4.69) is 6.07 Å². The largest absolute Gasteiger partial charge is 0.324 e. The monoisotopic (exact) mass is 139 g/mol. The molecule has 54 valence electrons. The first kappa shape index (κ1) is 6.14. The van der Waals surface area contributed by atoms with Crippen LogP contribution in [-0.2, 0) is 9.47 Å². The first-order chi connectivity index (χ1) is 4.81. The van der Waals surface area contributed by atoms with E-state index >= 15 is 0 Å². The highest BCUT2D eigenvalue weighted by Gasteiger charge is 2.49. The molecule has 1 saturated carbocycles. The first-order valence-corrected chi connectivity index (χ1v) is 3.52. The van der Waals surface area contributed by atoms with Crippen LogP contribution in [0.2, 0.25) is 0 Å². The van der Waals surface area contributed by atoms with Crippen molar-refractivity contribution in [2.24, 2.45) is 11.8 Å². The van der Waals surface area contributed by atoms with E-state index in [1.807, 2.05) is 6.92 Å². The summed E-state index contributed by atoms with van der Waals surface area (Å²) in [4.78, 5) is 0.